The van der Waals surface area contributed by atoms with Gasteiger partial charge >= 0.3 is 0 Å². The summed E-state index contributed by atoms with van der Waals surface area (Å²) in [5.74, 6) is -0.107. The van der Waals surface area contributed by atoms with Gasteiger partial charge in [0.1, 0.15) is 11.4 Å². The molecule has 4 aromatic rings. The first-order valence-electron chi connectivity index (χ1n) is 11.0. The van der Waals surface area contributed by atoms with E-state index in [1.54, 1.807) is 16.8 Å². The van der Waals surface area contributed by atoms with Crippen molar-refractivity contribution in [2.75, 3.05) is 27.2 Å². The molecule has 0 aliphatic carbocycles. The van der Waals surface area contributed by atoms with Gasteiger partial charge in [-0.15, -0.1) is 0 Å². The van der Waals surface area contributed by atoms with Crippen molar-refractivity contribution in [3.63, 3.8) is 0 Å². The third kappa shape index (κ3) is 5.36. The highest BCUT2D eigenvalue weighted by Crippen LogP contribution is 2.28. The smallest absolute Gasteiger partial charge is 0.272 e. The maximum atomic E-state index is 14.0. The Balaban J connectivity index is 1.78. The summed E-state index contributed by atoms with van der Waals surface area (Å²) in [6.07, 6.45) is 1.95. The van der Waals surface area contributed by atoms with E-state index in [1.165, 1.54) is 0 Å². The molecule has 0 bridgehead atoms. The molecule has 0 atom stereocenters. The molecular weight excluding hydrogens is 469 g/mol. The van der Waals surface area contributed by atoms with E-state index in [-0.39, 0.29) is 5.91 Å². The summed E-state index contributed by atoms with van der Waals surface area (Å²) in [6.45, 7) is 1.82. The molecule has 176 valence electrons. The minimum absolute atomic E-state index is 0.107. The van der Waals surface area contributed by atoms with Crippen LogP contribution in [0.2, 0.25) is 10.0 Å². The molecule has 0 fully saturated rings. The van der Waals surface area contributed by atoms with E-state index in [4.69, 9.17) is 28.3 Å². The zero-order valence-electron chi connectivity index (χ0n) is 19.4. The number of aromatic nitrogens is 3. The number of amides is 1. The Bertz CT molecular complexity index is 1280. The van der Waals surface area contributed by atoms with Crippen LogP contribution in [0.25, 0.3) is 17.1 Å². The number of rotatable bonds is 8. The Labute approximate surface area is 209 Å². The molecule has 2 aromatic carbocycles. The number of likely N-dealkylation sites (N-methyl/N-ethyl adjacent to an activating group) is 1. The fourth-order valence-electron chi connectivity index (χ4n) is 3.74. The average molecular weight is 496 g/mol. The number of aryl methyl sites for hydroxylation is 1. The van der Waals surface area contributed by atoms with Crippen molar-refractivity contribution in [2.24, 2.45) is 7.05 Å². The van der Waals surface area contributed by atoms with Crippen molar-refractivity contribution >= 4 is 29.1 Å². The Morgan fingerprint density at radius 3 is 2.35 bits per heavy atom. The highest BCUT2D eigenvalue weighted by molar-refractivity contribution is 6.42. The van der Waals surface area contributed by atoms with Gasteiger partial charge in [0.15, 0.2) is 0 Å². The lowest BCUT2D eigenvalue weighted by Gasteiger charge is -2.25. The van der Waals surface area contributed by atoms with Crippen molar-refractivity contribution in [1.29, 1.82) is 0 Å². The summed E-state index contributed by atoms with van der Waals surface area (Å²) in [7, 11) is 5.95. The monoisotopic (exact) mass is 495 g/mol. The van der Waals surface area contributed by atoms with Crippen LogP contribution in [0.1, 0.15) is 16.1 Å². The van der Waals surface area contributed by atoms with Crippen LogP contribution >= 0.6 is 23.2 Å². The van der Waals surface area contributed by atoms with E-state index < -0.39 is 0 Å². The molecule has 34 heavy (non-hydrogen) atoms. The van der Waals surface area contributed by atoms with Gasteiger partial charge in [-0.2, -0.15) is 5.10 Å². The maximum absolute atomic E-state index is 14.0. The van der Waals surface area contributed by atoms with Gasteiger partial charge in [0, 0.05) is 32.9 Å². The van der Waals surface area contributed by atoms with Crippen molar-refractivity contribution in [1.82, 2.24) is 24.1 Å². The fraction of sp³-hybridized carbons (Fsp3) is 0.231. The number of carbonyl (C=O) groups excluding carboxylic acids is 1. The minimum atomic E-state index is -0.107. The van der Waals surface area contributed by atoms with E-state index in [0.717, 1.165) is 17.8 Å². The second kappa shape index (κ2) is 10.5. The van der Waals surface area contributed by atoms with Crippen LogP contribution < -0.4 is 0 Å². The topological polar surface area (TPSA) is 46.3 Å². The van der Waals surface area contributed by atoms with Gasteiger partial charge in [-0.3, -0.25) is 4.79 Å². The molecule has 2 aromatic heterocycles. The first-order chi connectivity index (χ1) is 16.3. The summed E-state index contributed by atoms with van der Waals surface area (Å²) in [4.78, 5) is 17.9. The van der Waals surface area contributed by atoms with Gasteiger partial charge in [-0.1, -0.05) is 53.5 Å². The van der Waals surface area contributed by atoms with Gasteiger partial charge in [0.2, 0.25) is 0 Å². The minimum Gasteiger partial charge on any atom is -0.349 e. The Morgan fingerprint density at radius 2 is 1.71 bits per heavy atom. The summed E-state index contributed by atoms with van der Waals surface area (Å²) in [6, 6.07) is 21.0. The van der Waals surface area contributed by atoms with Crippen LogP contribution in [-0.2, 0) is 13.6 Å². The SMILES string of the molecule is CN(C)CCN(Cc1ccccc1)C(=O)c1cc(-c2cccn2C)nn1-c1ccc(Cl)c(Cl)c1. The van der Waals surface area contributed by atoms with Gasteiger partial charge in [0.05, 0.1) is 21.4 Å². The van der Waals surface area contributed by atoms with Crippen molar-refractivity contribution in [2.45, 2.75) is 6.54 Å². The van der Waals surface area contributed by atoms with Crippen LogP contribution in [-0.4, -0.2) is 57.2 Å². The standard InChI is InChI=1S/C26H27Cl2N5O/c1-30(2)14-15-32(18-19-8-5-4-6-9-19)26(34)25-17-23(24-10-7-13-31(24)3)29-33(25)20-11-12-21(27)22(28)16-20/h4-13,16-17H,14-15,18H2,1-3H3. The molecular formula is C26H27Cl2N5O. The van der Waals surface area contributed by atoms with Gasteiger partial charge < -0.3 is 14.4 Å². The highest BCUT2D eigenvalue weighted by Gasteiger charge is 2.24. The Hall–Kier alpha value is -3.06. The summed E-state index contributed by atoms with van der Waals surface area (Å²) < 4.78 is 3.63. The zero-order valence-corrected chi connectivity index (χ0v) is 21.0. The summed E-state index contributed by atoms with van der Waals surface area (Å²) >= 11 is 12.4. The highest BCUT2D eigenvalue weighted by atomic mass is 35.5. The zero-order chi connectivity index (χ0) is 24.2. The predicted molar refractivity (Wildman–Crippen MR) is 138 cm³/mol. The number of hydrogen-bond acceptors (Lipinski definition) is 3. The molecule has 0 N–H and O–H groups in total. The molecule has 8 heteroatoms. The quantitative estimate of drug-likeness (QED) is 0.329. The van der Waals surface area contributed by atoms with E-state index in [0.29, 0.717) is 40.2 Å². The van der Waals surface area contributed by atoms with Crippen LogP contribution in [0.3, 0.4) is 0 Å². The maximum Gasteiger partial charge on any atom is 0.272 e. The molecule has 0 aliphatic heterocycles. The number of hydrogen-bond donors (Lipinski definition) is 0. The van der Waals surface area contributed by atoms with Crippen LogP contribution in [0, 0.1) is 0 Å². The summed E-state index contributed by atoms with van der Waals surface area (Å²) in [5.41, 5.74) is 3.82. The Morgan fingerprint density at radius 1 is 0.941 bits per heavy atom. The molecule has 0 saturated carbocycles. The van der Waals surface area contributed by atoms with Crippen LogP contribution in [0.4, 0.5) is 0 Å². The van der Waals surface area contributed by atoms with Gasteiger partial charge in [-0.05, 0) is 56.1 Å². The Kier molecular flexibility index (Phi) is 7.41. The number of nitrogens with zero attached hydrogens (tertiary/aromatic N) is 5. The normalized spacial score (nSPS) is 11.2. The van der Waals surface area contributed by atoms with Crippen LogP contribution in [0.15, 0.2) is 72.9 Å². The van der Waals surface area contributed by atoms with Crippen molar-refractivity contribution in [3.05, 3.63) is 94.2 Å². The molecule has 2 heterocycles. The lowest BCUT2D eigenvalue weighted by molar-refractivity contribution is 0.0722. The largest absolute Gasteiger partial charge is 0.349 e. The van der Waals surface area contributed by atoms with E-state index >= 15 is 0 Å². The molecule has 6 nitrogen and oxygen atoms in total. The van der Waals surface area contributed by atoms with Gasteiger partial charge in [-0.25, -0.2) is 4.68 Å². The lowest BCUT2D eigenvalue weighted by atomic mass is 10.2. The fourth-order valence-corrected chi connectivity index (χ4v) is 4.03. The average Bonchev–Trinajstić information content (AvgIpc) is 3.45. The lowest BCUT2D eigenvalue weighted by Crippen LogP contribution is -2.37. The van der Waals surface area contributed by atoms with E-state index in [2.05, 4.69) is 4.90 Å². The van der Waals surface area contributed by atoms with Gasteiger partial charge in [0.25, 0.3) is 5.91 Å². The molecule has 0 aliphatic rings. The molecule has 0 saturated heterocycles. The predicted octanol–water partition coefficient (Wildman–Crippen LogP) is 5.39. The van der Waals surface area contributed by atoms with Crippen molar-refractivity contribution in [3.8, 4) is 17.1 Å². The van der Waals surface area contributed by atoms with Crippen molar-refractivity contribution < 1.29 is 4.79 Å². The van der Waals surface area contributed by atoms with Crippen LogP contribution in [0.5, 0.6) is 0 Å². The molecule has 4 rings (SSSR count). The third-order valence-electron chi connectivity index (χ3n) is 5.60. The molecule has 1 amide bonds. The number of halogens is 2. The second-order valence-electron chi connectivity index (χ2n) is 8.44. The molecule has 0 radical (unpaired) electrons. The van der Waals surface area contributed by atoms with E-state index in [9.17, 15) is 4.79 Å². The first kappa shape index (κ1) is 24.1. The molecule has 0 unspecified atom stereocenters. The second-order valence-corrected chi connectivity index (χ2v) is 9.26. The summed E-state index contributed by atoms with van der Waals surface area (Å²) in [5, 5.41) is 5.65. The first-order valence-corrected chi connectivity index (χ1v) is 11.7. The number of benzene rings is 2. The molecule has 0 spiro atoms. The third-order valence-corrected chi connectivity index (χ3v) is 6.34. The number of carbonyl (C=O) groups is 1. The van der Waals surface area contributed by atoms with E-state index in [1.807, 2.05) is 91.4 Å².